The Balaban J connectivity index is 1.67. The normalized spacial score (nSPS) is 16.4. The van der Waals surface area contributed by atoms with Crippen molar-refractivity contribution in [1.82, 2.24) is 4.90 Å². The van der Waals surface area contributed by atoms with Gasteiger partial charge < -0.3 is 15.1 Å². The zero-order valence-electron chi connectivity index (χ0n) is 18.1. The quantitative estimate of drug-likeness (QED) is 0.848. The average Bonchev–Trinajstić information content (AvgIpc) is 2.66. The van der Waals surface area contributed by atoms with Gasteiger partial charge in [0.2, 0.25) is 5.91 Å². The minimum absolute atomic E-state index is 0.0140. The monoisotopic (exact) mass is 393 g/mol. The van der Waals surface area contributed by atoms with Crippen LogP contribution in [0.2, 0.25) is 0 Å². The van der Waals surface area contributed by atoms with E-state index in [2.05, 4.69) is 16.3 Å². The smallest absolute Gasteiger partial charge is 0.253 e. The molecule has 0 bridgehead atoms. The summed E-state index contributed by atoms with van der Waals surface area (Å²) in [4.78, 5) is 29.7. The van der Waals surface area contributed by atoms with Crippen LogP contribution in [0.5, 0.6) is 0 Å². The largest absolute Gasteiger partial charge is 0.377 e. The fraction of sp³-hybridized carbons (Fsp3) is 0.417. The number of rotatable bonds is 4. The van der Waals surface area contributed by atoms with E-state index in [9.17, 15) is 9.59 Å². The van der Waals surface area contributed by atoms with Crippen molar-refractivity contribution in [3.05, 3.63) is 58.7 Å². The third kappa shape index (κ3) is 4.97. The molecule has 5 heteroatoms. The molecule has 1 saturated heterocycles. The van der Waals surface area contributed by atoms with Crippen LogP contribution in [0.15, 0.2) is 36.4 Å². The lowest BCUT2D eigenvalue weighted by Crippen LogP contribution is -2.43. The molecule has 1 aliphatic rings. The number of piperidine rings is 1. The maximum Gasteiger partial charge on any atom is 0.253 e. The fourth-order valence-corrected chi connectivity index (χ4v) is 4.14. The molecule has 3 rings (SSSR count). The number of nitrogens with zero attached hydrogens (tertiary/aromatic N) is 2. The lowest BCUT2D eigenvalue weighted by atomic mass is 9.96. The summed E-state index contributed by atoms with van der Waals surface area (Å²) >= 11 is 0. The number of carbonyl (C=O) groups excluding carboxylic acids is 2. The van der Waals surface area contributed by atoms with Gasteiger partial charge in [0.25, 0.3) is 5.91 Å². The van der Waals surface area contributed by atoms with E-state index in [0.29, 0.717) is 18.7 Å². The van der Waals surface area contributed by atoms with Crippen LogP contribution >= 0.6 is 0 Å². The standard InChI is InChI=1S/C24H31N3O2/c1-16-11-17(2)13-20(12-16)24(29)27-10-6-7-19(15-27)23(28)25-21-8-9-22(26(4)5)18(3)14-21/h8-9,11-14,19H,6-7,10,15H2,1-5H3,(H,25,28). The van der Waals surface area contributed by atoms with Crippen molar-refractivity contribution in [2.45, 2.75) is 33.6 Å². The van der Waals surface area contributed by atoms with E-state index in [-0.39, 0.29) is 17.7 Å². The fourth-order valence-electron chi connectivity index (χ4n) is 4.14. The molecular formula is C24H31N3O2. The van der Waals surface area contributed by atoms with E-state index in [1.165, 1.54) is 0 Å². The van der Waals surface area contributed by atoms with Gasteiger partial charge in [-0.25, -0.2) is 0 Å². The first-order valence-corrected chi connectivity index (χ1v) is 10.2. The van der Waals surface area contributed by atoms with Crippen LogP contribution in [-0.4, -0.2) is 43.9 Å². The first kappa shape index (κ1) is 20.9. The molecule has 29 heavy (non-hydrogen) atoms. The lowest BCUT2D eigenvalue weighted by Gasteiger charge is -2.32. The van der Waals surface area contributed by atoms with E-state index in [0.717, 1.165) is 40.9 Å². The Labute approximate surface area is 173 Å². The molecule has 1 heterocycles. The van der Waals surface area contributed by atoms with Crippen molar-refractivity contribution in [3.63, 3.8) is 0 Å². The van der Waals surface area contributed by atoms with Crippen molar-refractivity contribution in [3.8, 4) is 0 Å². The molecule has 1 N–H and O–H groups in total. The second-order valence-corrected chi connectivity index (χ2v) is 8.35. The summed E-state index contributed by atoms with van der Waals surface area (Å²) in [5.74, 6) is -0.187. The first-order valence-electron chi connectivity index (χ1n) is 10.2. The average molecular weight is 394 g/mol. The highest BCUT2D eigenvalue weighted by molar-refractivity contribution is 5.96. The van der Waals surface area contributed by atoms with E-state index >= 15 is 0 Å². The van der Waals surface area contributed by atoms with E-state index in [1.807, 2.05) is 70.1 Å². The molecule has 5 nitrogen and oxygen atoms in total. The van der Waals surface area contributed by atoms with Crippen molar-refractivity contribution < 1.29 is 9.59 Å². The van der Waals surface area contributed by atoms with Crippen molar-refractivity contribution >= 4 is 23.2 Å². The number of benzene rings is 2. The zero-order chi connectivity index (χ0) is 21.1. The van der Waals surface area contributed by atoms with Gasteiger partial charge in [-0.3, -0.25) is 9.59 Å². The molecule has 1 fully saturated rings. The summed E-state index contributed by atoms with van der Waals surface area (Å²) in [6.07, 6.45) is 1.64. The molecule has 0 aliphatic carbocycles. The van der Waals surface area contributed by atoms with Crippen LogP contribution in [-0.2, 0) is 4.79 Å². The highest BCUT2D eigenvalue weighted by Gasteiger charge is 2.29. The number of likely N-dealkylation sites (tertiary alicyclic amines) is 1. The maximum absolute atomic E-state index is 13.0. The number of amides is 2. The highest BCUT2D eigenvalue weighted by Crippen LogP contribution is 2.24. The summed E-state index contributed by atoms with van der Waals surface area (Å²) in [7, 11) is 4.01. The molecule has 0 aromatic heterocycles. The molecule has 154 valence electrons. The molecule has 1 unspecified atom stereocenters. The van der Waals surface area contributed by atoms with Crippen molar-refractivity contribution in [2.75, 3.05) is 37.4 Å². The minimum atomic E-state index is -0.188. The van der Waals surface area contributed by atoms with Gasteiger partial charge in [0.15, 0.2) is 0 Å². The Kier molecular flexibility index (Phi) is 6.26. The lowest BCUT2D eigenvalue weighted by molar-refractivity contribution is -0.121. The zero-order valence-corrected chi connectivity index (χ0v) is 18.1. The SMILES string of the molecule is Cc1cc(C)cc(C(=O)N2CCCC(C(=O)Nc3ccc(N(C)C)c(C)c3)C2)c1. The Morgan fingerprint density at radius 3 is 2.34 bits per heavy atom. The second-order valence-electron chi connectivity index (χ2n) is 8.35. The van der Waals surface area contributed by atoms with Crippen LogP contribution in [0.3, 0.4) is 0 Å². The van der Waals surface area contributed by atoms with Crippen molar-refractivity contribution in [2.24, 2.45) is 5.92 Å². The van der Waals surface area contributed by atoms with Crippen LogP contribution in [0.1, 0.15) is 39.9 Å². The number of hydrogen-bond donors (Lipinski definition) is 1. The van der Waals surface area contributed by atoms with Gasteiger partial charge in [0.1, 0.15) is 0 Å². The predicted octanol–water partition coefficient (Wildman–Crippen LogP) is 4.17. The molecular weight excluding hydrogens is 362 g/mol. The molecule has 0 saturated carbocycles. The summed E-state index contributed by atoms with van der Waals surface area (Å²) in [6.45, 7) is 7.20. The summed E-state index contributed by atoms with van der Waals surface area (Å²) in [5, 5.41) is 3.04. The van der Waals surface area contributed by atoms with Crippen LogP contribution in [0.4, 0.5) is 11.4 Å². The van der Waals surface area contributed by atoms with E-state index in [4.69, 9.17) is 0 Å². The number of carbonyl (C=O) groups is 2. The number of anilines is 2. The molecule has 2 aromatic carbocycles. The highest BCUT2D eigenvalue weighted by atomic mass is 16.2. The first-order chi connectivity index (χ1) is 13.7. The summed E-state index contributed by atoms with van der Waals surface area (Å²) in [5.41, 5.74) is 5.91. The van der Waals surface area contributed by atoms with Gasteiger partial charge in [0, 0.05) is 44.1 Å². The van der Waals surface area contributed by atoms with Crippen molar-refractivity contribution in [1.29, 1.82) is 0 Å². The molecule has 0 spiro atoms. The molecule has 1 aliphatic heterocycles. The number of hydrogen-bond acceptors (Lipinski definition) is 3. The molecule has 2 amide bonds. The predicted molar refractivity (Wildman–Crippen MR) is 119 cm³/mol. The molecule has 1 atom stereocenters. The summed E-state index contributed by atoms with van der Waals surface area (Å²) in [6, 6.07) is 11.9. The van der Waals surface area contributed by atoms with Gasteiger partial charge in [-0.2, -0.15) is 0 Å². The number of nitrogens with one attached hydrogen (secondary N) is 1. The van der Waals surface area contributed by atoms with Crippen LogP contribution in [0.25, 0.3) is 0 Å². The third-order valence-electron chi connectivity index (χ3n) is 5.49. The van der Waals surface area contributed by atoms with Gasteiger partial charge in [0.05, 0.1) is 5.92 Å². The molecule has 2 aromatic rings. The Morgan fingerprint density at radius 1 is 1.03 bits per heavy atom. The van der Waals surface area contributed by atoms with Gasteiger partial charge in [-0.1, -0.05) is 17.2 Å². The number of aryl methyl sites for hydroxylation is 3. The van der Waals surface area contributed by atoms with Gasteiger partial charge in [-0.15, -0.1) is 0 Å². The van der Waals surface area contributed by atoms with E-state index < -0.39 is 0 Å². The maximum atomic E-state index is 13.0. The summed E-state index contributed by atoms with van der Waals surface area (Å²) < 4.78 is 0. The van der Waals surface area contributed by atoms with E-state index in [1.54, 1.807) is 0 Å². The van der Waals surface area contributed by atoms with Crippen LogP contribution < -0.4 is 10.2 Å². The topological polar surface area (TPSA) is 52.7 Å². The Morgan fingerprint density at radius 2 is 1.72 bits per heavy atom. The molecule has 0 radical (unpaired) electrons. The Bertz CT molecular complexity index is 900. The van der Waals surface area contributed by atoms with Crippen LogP contribution in [0, 0.1) is 26.7 Å². The minimum Gasteiger partial charge on any atom is -0.377 e. The van der Waals surface area contributed by atoms with Gasteiger partial charge in [-0.05, 0) is 69.5 Å². The van der Waals surface area contributed by atoms with Gasteiger partial charge >= 0.3 is 0 Å². The Hall–Kier alpha value is -2.82. The third-order valence-corrected chi connectivity index (χ3v) is 5.49. The second kappa shape index (κ2) is 8.68.